The van der Waals surface area contributed by atoms with Gasteiger partial charge in [-0.1, -0.05) is 16.8 Å². The fourth-order valence-corrected chi connectivity index (χ4v) is 4.73. The summed E-state index contributed by atoms with van der Waals surface area (Å²) in [5.74, 6) is -0.968. The second kappa shape index (κ2) is 11.8. The van der Waals surface area contributed by atoms with Gasteiger partial charge in [-0.3, -0.25) is 0 Å². The van der Waals surface area contributed by atoms with E-state index in [1.54, 1.807) is 41.8 Å². The normalized spacial score (nSPS) is 12.3. The van der Waals surface area contributed by atoms with Crippen molar-refractivity contribution in [3.05, 3.63) is 70.9 Å². The number of hydrogen-bond acceptors (Lipinski definition) is 7. The molecule has 0 radical (unpaired) electrons. The van der Waals surface area contributed by atoms with E-state index in [4.69, 9.17) is 25.6 Å². The van der Waals surface area contributed by atoms with Crippen LogP contribution in [0.5, 0.6) is 17.2 Å². The average Bonchev–Trinajstić information content (AvgIpc) is 3.42. The Morgan fingerprint density at radius 2 is 1.76 bits per heavy atom. The molecule has 8 nitrogen and oxygen atoms in total. The minimum atomic E-state index is -4.88. The summed E-state index contributed by atoms with van der Waals surface area (Å²) < 4.78 is 61.4. The number of rotatable bonds is 8. The minimum Gasteiger partial charge on any atom is -0.546 e. The fourth-order valence-electron chi connectivity index (χ4n) is 4.55. The zero-order chi connectivity index (χ0) is 28.8. The molecule has 0 saturated carbocycles. The largest absolute Gasteiger partial charge is 1.00 e. The maximum atomic E-state index is 13.1. The first-order valence-electron chi connectivity index (χ1n) is 11.9. The van der Waals surface area contributed by atoms with Gasteiger partial charge in [0, 0.05) is 40.3 Å². The van der Waals surface area contributed by atoms with Crippen molar-refractivity contribution in [3.8, 4) is 28.5 Å². The van der Waals surface area contributed by atoms with Crippen molar-refractivity contribution in [2.75, 3.05) is 7.11 Å². The zero-order valence-electron chi connectivity index (χ0n) is 22.3. The van der Waals surface area contributed by atoms with Crippen LogP contribution in [-0.2, 0) is 11.3 Å². The number of carbonyl (C=O) groups is 1. The minimum absolute atomic E-state index is 0. The van der Waals surface area contributed by atoms with E-state index >= 15 is 0 Å². The average molecular weight is 597 g/mol. The third-order valence-electron chi connectivity index (χ3n) is 6.44. The van der Waals surface area contributed by atoms with E-state index in [1.807, 2.05) is 0 Å². The van der Waals surface area contributed by atoms with Gasteiger partial charge in [-0.25, -0.2) is 0 Å². The number of methoxy groups -OCH3 is 1. The molecule has 0 aliphatic heterocycles. The number of benzene rings is 3. The number of hydrogen-bond donors (Lipinski definition) is 0. The molecule has 208 valence electrons. The number of carboxylic acids is 1. The number of carboxylic acid groups (broad SMARTS) is 1. The van der Waals surface area contributed by atoms with Crippen LogP contribution in [0.4, 0.5) is 13.2 Å². The van der Waals surface area contributed by atoms with E-state index in [0.29, 0.717) is 55.2 Å². The number of nitrogens with zero attached hydrogens (tertiary/aromatic N) is 2. The molecule has 0 amide bonds. The Hall–Kier alpha value is -3.38. The number of fused-ring (bicyclic) bond motifs is 2. The molecule has 0 saturated heterocycles. The molecule has 0 unspecified atom stereocenters. The van der Waals surface area contributed by atoms with Gasteiger partial charge in [-0.15, -0.1) is 13.2 Å². The molecule has 5 aromatic rings. The first-order chi connectivity index (χ1) is 18.9. The standard InChI is InChI=1S/C28H22ClF3N2O6.Na/c1-14-25(26-21-8-4-17(37-3)12-24(21)40-33-26)20-7-5-19(39-28(30,31)32)11-23(20)34(14)13-16-10-18(6-9-22(16)29)38-15(2)27(35)36;/h4-12,15H,13H2,1-3H3,(H,35,36);/q;+1/p-1/t15-;/m1./s1. The van der Waals surface area contributed by atoms with Gasteiger partial charge in [-0.2, -0.15) is 0 Å². The summed E-state index contributed by atoms with van der Waals surface area (Å²) in [6.07, 6.45) is -6.09. The zero-order valence-corrected chi connectivity index (χ0v) is 25.1. The Balaban J connectivity index is 0.00000387. The molecule has 0 N–H and O–H groups in total. The number of carbonyl (C=O) groups excluding carboxylic acids is 1. The van der Waals surface area contributed by atoms with Crippen LogP contribution in [0.3, 0.4) is 0 Å². The van der Waals surface area contributed by atoms with Crippen molar-refractivity contribution >= 4 is 39.4 Å². The Kier molecular flexibility index (Phi) is 8.84. The van der Waals surface area contributed by atoms with Gasteiger partial charge in [0.05, 0.1) is 24.0 Å². The summed E-state index contributed by atoms with van der Waals surface area (Å²) in [4.78, 5) is 11.1. The maximum absolute atomic E-state index is 13.1. The number of alkyl halides is 3. The second-order valence-corrected chi connectivity index (χ2v) is 9.41. The van der Waals surface area contributed by atoms with Gasteiger partial charge < -0.3 is 33.2 Å². The van der Waals surface area contributed by atoms with Crippen molar-refractivity contribution in [2.24, 2.45) is 0 Å². The summed E-state index contributed by atoms with van der Waals surface area (Å²) in [5, 5.41) is 17.0. The molecule has 2 heterocycles. The molecule has 0 aliphatic rings. The first kappa shape index (κ1) is 30.6. The van der Waals surface area contributed by atoms with Crippen LogP contribution in [0.2, 0.25) is 5.02 Å². The monoisotopic (exact) mass is 596 g/mol. The maximum Gasteiger partial charge on any atom is 1.00 e. The molecular formula is C28H21ClF3N2NaO6. The molecule has 5 rings (SSSR count). The topological polar surface area (TPSA) is 98.8 Å². The molecule has 3 aromatic carbocycles. The van der Waals surface area contributed by atoms with Gasteiger partial charge in [0.15, 0.2) is 5.58 Å². The Morgan fingerprint density at radius 3 is 2.44 bits per heavy atom. The van der Waals surface area contributed by atoms with Crippen molar-refractivity contribution in [2.45, 2.75) is 32.9 Å². The number of halogens is 4. The van der Waals surface area contributed by atoms with Crippen LogP contribution in [-0.4, -0.2) is 35.3 Å². The van der Waals surface area contributed by atoms with Crippen LogP contribution in [0.15, 0.2) is 59.1 Å². The predicted molar refractivity (Wildman–Crippen MR) is 139 cm³/mol. The van der Waals surface area contributed by atoms with E-state index in [2.05, 4.69) is 9.89 Å². The van der Waals surface area contributed by atoms with Crippen LogP contribution in [0.25, 0.3) is 33.1 Å². The van der Waals surface area contributed by atoms with Gasteiger partial charge in [0.1, 0.15) is 29.0 Å². The first-order valence-corrected chi connectivity index (χ1v) is 12.3. The SMILES string of the molecule is COc1ccc2c(-c3c(C)n(Cc4cc(O[C@H](C)C(=O)[O-])ccc4Cl)c4cc(OC(F)(F)F)ccc34)noc2c1.[Na+]. The Morgan fingerprint density at radius 1 is 1.07 bits per heavy atom. The number of ether oxygens (including phenoxy) is 3. The second-order valence-electron chi connectivity index (χ2n) is 9.00. The smallest absolute Gasteiger partial charge is 0.546 e. The quantitative estimate of drug-likeness (QED) is 0.254. The van der Waals surface area contributed by atoms with E-state index in [9.17, 15) is 23.1 Å². The summed E-state index contributed by atoms with van der Waals surface area (Å²) in [6, 6.07) is 13.9. The van der Waals surface area contributed by atoms with Crippen molar-refractivity contribution in [3.63, 3.8) is 0 Å². The summed E-state index contributed by atoms with van der Waals surface area (Å²) >= 11 is 6.47. The molecule has 0 fully saturated rings. The number of aromatic nitrogens is 2. The van der Waals surface area contributed by atoms with Crippen molar-refractivity contribution in [1.82, 2.24) is 9.72 Å². The van der Waals surface area contributed by atoms with Crippen molar-refractivity contribution < 1.29 is 71.4 Å². The van der Waals surface area contributed by atoms with Gasteiger partial charge in [-0.05, 0) is 61.9 Å². The molecule has 1 atom stereocenters. The summed E-state index contributed by atoms with van der Waals surface area (Å²) in [6.45, 7) is 3.24. The van der Waals surface area contributed by atoms with Crippen LogP contribution >= 0.6 is 11.6 Å². The van der Waals surface area contributed by atoms with Crippen LogP contribution < -0.4 is 48.9 Å². The Bertz CT molecular complexity index is 1750. The van der Waals surface area contributed by atoms with E-state index < -0.39 is 24.2 Å². The molecular weight excluding hydrogens is 576 g/mol. The molecule has 0 aliphatic carbocycles. The molecule has 41 heavy (non-hydrogen) atoms. The Labute approximate surface area is 258 Å². The summed E-state index contributed by atoms with van der Waals surface area (Å²) in [7, 11) is 1.53. The van der Waals surface area contributed by atoms with Gasteiger partial charge >= 0.3 is 35.9 Å². The molecule has 0 spiro atoms. The summed E-state index contributed by atoms with van der Waals surface area (Å²) in [5.41, 5.74) is 3.23. The van der Waals surface area contributed by atoms with Gasteiger partial charge in [0.25, 0.3) is 0 Å². The molecule has 2 aromatic heterocycles. The third-order valence-corrected chi connectivity index (χ3v) is 6.80. The van der Waals surface area contributed by atoms with Crippen LogP contribution in [0, 0.1) is 6.92 Å². The molecule has 0 bridgehead atoms. The van der Waals surface area contributed by atoms with E-state index in [1.165, 1.54) is 38.3 Å². The third kappa shape index (κ3) is 6.28. The van der Waals surface area contributed by atoms with E-state index in [0.717, 1.165) is 0 Å². The van der Waals surface area contributed by atoms with Crippen molar-refractivity contribution in [1.29, 1.82) is 0 Å². The fraction of sp³-hybridized carbons (Fsp3) is 0.214. The van der Waals surface area contributed by atoms with E-state index in [-0.39, 0.29) is 41.9 Å². The predicted octanol–water partition coefficient (Wildman–Crippen LogP) is 2.89. The number of aliphatic carboxylic acids is 1. The van der Waals surface area contributed by atoms with Crippen LogP contribution in [0.1, 0.15) is 18.2 Å². The molecule has 13 heteroatoms. The van der Waals surface area contributed by atoms with Gasteiger partial charge in [0.2, 0.25) is 0 Å².